The second-order valence-electron chi connectivity index (χ2n) is 1.34. The van der Waals surface area contributed by atoms with Gasteiger partial charge in [0, 0.05) is 6.17 Å². The first-order valence-corrected chi connectivity index (χ1v) is 2.31. The first-order valence-electron chi connectivity index (χ1n) is 5.81. The van der Waals surface area contributed by atoms with Crippen LogP contribution >= 0.6 is 0 Å². The van der Waals surface area contributed by atoms with E-state index >= 15 is 0 Å². The molecule has 1 aromatic rings. The fourth-order valence-corrected chi connectivity index (χ4v) is 0.375. The van der Waals surface area contributed by atoms with Crippen LogP contribution in [-0.2, 0) is 4.74 Å². The molecule has 0 bridgehead atoms. The summed E-state index contributed by atoms with van der Waals surface area (Å²) in [5.41, 5.74) is -0.757. The lowest BCUT2D eigenvalue weighted by Gasteiger charge is -1.94. The first kappa shape index (κ1) is 2.05. The SMILES string of the molecule is [2H]c1nc(C(=O)OC([2H])([2H])[2H])c([2H])c([2H])c1[2H]. The van der Waals surface area contributed by atoms with Gasteiger partial charge in [0.15, 0.2) is 0 Å². The van der Waals surface area contributed by atoms with Gasteiger partial charge in [0.25, 0.3) is 0 Å². The molecular formula is C7H7NO2. The van der Waals surface area contributed by atoms with Crippen molar-refractivity contribution in [2.24, 2.45) is 0 Å². The molecule has 3 nitrogen and oxygen atoms in total. The zero-order valence-corrected chi connectivity index (χ0v) is 4.76. The summed E-state index contributed by atoms with van der Waals surface area (Å²) in [4.78, 5) is 14.6. The van der Waals surface area contributed by atoms with E-state index in [1.54, 1.807) is 0 Å². The molecule has 0 N–H and O–H groups in total. The molecule has 0 unspecified atom stereocenters. The summed E-state index contributed by atoms with van der Waals surface area (Å²) >= 11 is 0. The van der Waals surface area contributed by atoms with Crippen molar-refractivity contribution in [1.82, 2.24) is 4.98 Å². The standard InChI is InChI=1S/C7H7NO2/c1-10-7(9)6-4-2-3-5-8-6/h2-5H,1H3/i1D3,2D,3D,4D,5D. The van der Waals surface area contributed by atoms with Crippen LogP contribution in [0.1, 0.15) is 20.1 Å². The number of methoxy groups -OCH3 is 1. The third-order valence-corrected chi connectivity index (χ3v) is 0.753. The summed E-state index contributed by atoms with van der Waals surface area (Å²) in [6.07, 6.45) is -0.691. The molecule has 52 valence electrons. The summed E-state index contributed by atoms with van der Waals surface area (Å²) in [6, 6.07) is -2.02. The van der Waals surface area contributed by atoms with Gasteiger partial charge < -0.3 is 4.74 Å². The Balaban J connectivity index is 3.20. The minimum absolute atomic E-state index is 0.611. The van der Waals surface area contributed by atoms with Gasteiger partial charge in [-0.1, -0.05) is 6.04 Å². The number of ether oxygens (including phenoxy) is 1. The van der Waals surface area contributed by atoms with Crippen molar-refractivity contribution in [3.63, 3.8) is 0 Å². The molecule has 0 saturated carbocycles. The first-order chi connectivity index (χ1) is 7.63. The van der Waals surface area contributed by atoms with E-state index in [2.05, 4.69) is 9.72 Å². The lowest BCUT2D eigenvalue weighted by Crippen LogP contribution is -2.02. The number of carbonyl (C=O) groups is 1. The second-order valence-corrected chi connectivity index (χ2v) is 1.34. The van der Waals surface area contributed by atoms with Crippen molar-refractivity contribution in [2.75, 3.05) is 7.04 Å². The summed E-state index contributed by atoms with van der Waals surface area (Å²) < 4.78 is 53.1. The van der Waals surface area contributed by atoms with Gasteiger partial charge in [0.05, 0.1) is 16.6 Å². The van der Waals surface area contributed by atoms with E-state index in [4.69, 9.17) is 9.60 Å². The van der Waals surface area contributed by atoms with Crippen LogP contribution in [0.25, 0.3) is 0 Å². The molecule has 1 heterocycles. The van der Waals surface area contributed by atoms with Crippen LogP contribution in [0.15, 0.2) is 24.3 Å². The van der Waals surface area contributed by atoms with Crippen LogP contribution in [0.5, 0.6) is 0 Å². The van der Waals surface area contributed by atoms with E-state index < -0.39 is 43.0 Å². The highest BCUT2D eigenvalue weighted by molar-refractivity contribution is 5.86. The molecule has 3 heteroatoms. The van der Waals surface area contributed by atoms with Crippen molar-refractivity contribution < 1.29 is 19.1 Å². The smallest absolute Gasteiger partial charge is 0.356 e. The molecule has 0 atom stereocenters. The summed E-state index contributed by atoms with van der Waals surface area (Å²) in [5, 5.41) is 0. The minimum Gasteiger partial charge on any atom is -0.464 e. The normalized spacial score (nSPS) is 20.2. The average molecular weight is 144 g/mol. The minimum atomic E-state index is -2.99. The molecule has 10 heavy (non-hydrogen) atoms. The molecule has 0 fully saturated rings. The van der Waals surface area contributed by atoms with Crippen LogP contribution in [0.4, 0.5) is 0 Å². The quantitative estimate of drug-likeness (QED) is 0.549. The third kappa shape index (κ3) is 1.31. The van der Waals surface area contributed by atoms with E-state index in [0.29, 0.717) is 0 Å². The van der Waals surface area contributed by atoms with E-state index in [0.717, 1.165) is 0 Å². The molecule has 0 aliphatic carbocycles. The van der Waals surface area contributed by atoms with E-state index in [1.807, 2.05) is 0 Å². The highest BCUT2D eigenvalue weighted by Crippen LogP contribution is 1.93. The third-order valence-electron chi connectivity index (χ3n) is 0.753. The number of esters is 1. The summed E-state index contributed by atoms with van der Waals surface area (Å²) in [5.74, 6) is -1.42. The molecule has 0 radical (unpaired) electrons. The maximum absolute atomic E-state index is 11.3. The average Bonchev–Trinajstić information content (AvgIpc) is 2.17. The maximum atomic E-state index is 11.3. The molecule has 1 aromatic heterocycles. The van der Waals surface area contributed by atoms with Gasteiger partial charge in [-0.25, -0.2) is 9.78 Å². The van der Waals surface area contributed by atoms with Gasteiger partial charge in [-0.15, -0.1) is 0 Å². The van der Waals surface area contributed by atoms with E-state index in [1.165, 1.54) is 0 Å². The monoisotopic (exact) mass is 144 g/mol. The Labute approximate surface area is 68.5 Å². The fourth-order valence-electron chi connectivity index (χ4n) is 0.375. The molecule has 0 saturated heterocycles. The van der Waals surface area contributed by atoms with Gasteiger partial charge in [0.2, 0.25) is 0 Å². The zero-order chi connectivity index (χ0) is 13.4. The Morgan fingerprint density at radius 3 is 3.60 bits per heavy atom. The number of hydrogen-bond acceptors (Lipinski definition) is 3. The molecule has 0 aliphatic heterocycles. The van der Waals surface area contributed by atoms with Crippen LogP contribution in [0.3, 0.4) is 0 Å². The van der Waals surface area contributed by atoms with Crippen LogP contribution in [-0.4, -0.2) is 18.0 Å². The number of carbonyl (C=O) groups excluding carboxylic acids is 1. The Kier molecular flexibility index (Phi) is 0.607. The maximum Gasteiger partial charge on any atom is 0.356 e. The van der Waals surface area contributed by atoms with Crippen molar-refractivity contribution in [2.45, 2.75) is 0 Å². The van der Waals surface area contributed by atoms with Gasteiger partial charge in [-0.3, -0.25) is 0 Å². The largest absolute Gasteiger partial charge is 0.464 e. The van der Waals surface area contributed by atoms with Crippen LogP contribution in [0.2, 0.25) is 0 Å². The second kappa shape index (κ2) is 2.96. The van der Waals surface area contributed by atoms with Gasteiger partial charge >= 0.3 is 5.97 Å². The van der Waals surface area contributed by atoms with E-state index in [9.17, 15) is 4.79 Å². The number of aromatic nitrogens is 1. The van der Waals surface area contributed by atoms with Crippen LogP contribution < -0.4 is 0 Å². The van der Waals surface area contributed by atoms with Gasteiger partial charge in [-0.05, 0) is 12.1 Å². The number of nitrogens with zero attached hydrogens (tertiary/aromatic N) is 1. The zero-order valence-electron chi connectivity index (χ0n) is 11.8. The molecule has 0 amide bonds. The lowest BCUT2D eigenvalue weighted by atomic mass is 10.4. The van der Waals surface area contributed by atoms with Crippen molar-refractivity contribution in [3.05, 3.63) is 30.0 Å². The number of hydrogen-bond donors (Lipinski definition) is 0. The summed E-state index contributed by atoms with van der Waals surface area (Å²) in [6.45, 7) is 0. The Morgan fingerprint density at radius 2 is 2.80 bits per heavy atom. The Morgan fingerprint density at radius 1 is 1.90 bits per heavy atom. The van der Waals surface area contributed by atoms with Crippen molar-refractivity contribution in [3.8, 4) is 0 Å². The number of rotatable bonds is 1. The van der Waals surface area contributed by atoms with Crippen LogP contribution in [0, 0.1) is 0 Å². The molecule has 0 aliphatic rings. The topological polar surface area (TPSA) is 39.2 Å². The predicted octanol–water partition coefficient (Wildman–Crippen LogP) is 0.868. The molecule has 0 aromatic carbocycles. The summed E-state index contributed by atoms with van der Waals surface area (Å²) in [7, 11) is -2.99. The van der Waals surface area contributed by atoms with E-state index in [-0.39, 0.29) is 0 Å². The Bertz CT molecular complexity index is 470. The number of pyridine rings is 1. The van der Waals surface area contributed by atoms with Gasteiger partial charge in [0.1, 0.15) is 5.69 Å². The molecular weight excluding hydrogens is 130 g/mol. The lowest BCUT2D eigenvalue weighted by molar-refractivity contribution is 0.0594. The van der Waals surface area contributed by atoms with Crippen molar-refractivity contribution >= 4 is 5.97 Å². The predicted molar refractivity (Wildman–Crippen MR) is 35.6 cm³/mol. The Hall–Kier alpha value is -1.38. The van der Waals surface area contributed by atoms with Crippen molar-refractivity contribution in [1.29, 1.82) is 0 Å². The fraction of sp³-hybridized carbons (Fsp3) is 0.143. The highest BCUT2D eigenvalue weighted by atomic mass is 16.5. The molecule has 0 spiro atoms. The highest BCUT2D eigenvalue weighted by Gasteiger charge is 2.02. The van der Waals surface area contributed by atoms with Gasteiger partial charge in [-0.2, -0.15) is 0 Å². The molecule has 1 rings (SSSR count).